The van der Waals surface area contributed by atoms with E-state index in [1.165, 1.54) is 4.90 Å². The lowest BCUT2D eigenvalue weighted by atomic mass is 9.28. The molecule has 0 spiro atoms. The largest absolute Gasteiger partial charge is 0.312 e. The van der Waals surface area contributed by atoms with Gasteiger partial charge in [-0.3, -0.25) is 0 Å². The predicted molar refractivity (Wildman–Crippen MR) is 355 cm³/mol. The van der Waals surface area contributed by atoms with Gasteiger partial charge in [0.2, 0.25) is 0 Å². The van der Waals surface area contributed by atoms with Crippen LogP contribution in [0.3, 0.4) is 0 Å². The van der Waals surface area contributed by atoms with Crippen molar-refractivity contribution in [1.82, 2.24) is 0 Å². The predicted octanol–water partition coefficient (Wildman–Crippen LogP) is 17.2. The molecule has 7 heterocycles. The van der Waals surface area contributed by atoms with E-state index in [1.54, 1.807) is 94.1 Å². The van der Waals surface area contributed by atoms with E-state index in [0.29, 0.717) is 0 Å². The zero-order valence-corrected chi connectivity index (χ0v) is 50.5. The summed E-state index contributed by atoms with van der Waals surface area (Å²) < 4.78 is 251. The summed E-state index contributed by atoms with van der Waals surface area (Å²) in [5, 5.41) is -0.272. The molecule has 9 aromatic rings. The first-order valence-electron chi connectivity index (χ1n) is 39.6. The maximum absolute atomic E-state index is 11.7. The van der Waals surface area contributed by atoms with Crippen molar-refractivity contribution in [3.63, 3.8) is 0 Å². The van der Waals surface area contributed by atoms with Crippen LogP contribution in [0, 0.1) is 0 Å². The molecule has 0 N–H and O–H groups in total. The van der Waals surface area contributed by atoms with E-state index in [2.05, 4.69) is 0 Å². The van der Waals surface area contributed by atoms with E-state index < -0.39 is 172 Å². The average molecular weight is 1110 g/mol. The van der Waals surface area contributed by atoms with E-state index in [-0.39, 0.29) is 149 Å². The monoisotopic (exact) mass is 1110 g/mol. The summed E-state index contributed by atoms with van der Waals surface area (Å²) in [5.41, 5.74) is -13.3. The Kier molecular flexibility index (Phi) is 6.46. The molecule has 0 fully saturated rings. The fourth-order valence-electron chi connectivity index (χ4n) is 12.5. The van der Waals surface area contributed by atoms with Crippen LogP contribution in [0.25, 0.3) is 20.2 Å². The van der Waals surface area contributed by atoms with Gasteiger partial charge in [0.25, 0.3) is 13.4 Å². The molecule has 0 amide bonds. The summed E-state index contributed by atoms with van der Waals surface area (Å²) in [5.74, 6) is 0. The van der Waals surface area contributed by atoms with Crippen LogP contribution in [-0.4, -0.2) is 13.4 Å². The molecule has 2 aromatic heterocycles. The number of thiophene rings is 2. The van der Waals surface area contributed by atoms with Gasteiger partial charge in [0, 0.05) is 85.4 Å². The molecule has 5 aliphatic heterocycles. The standard InChI is InChI=1S/C73H79B2N3S2/c1-67(2,3)40-21-27-44(28-22-40)76-54-31-25-42(69(7,8)9)33-50(54)74-52-35-46-48(71(13,14)15)38-79-65(46)58-62(52)78-63-53(36-47-49(72(16,17)18)39-80-66(47)59(63)73(58,19)20)75-51-34-43(70(10,11)12)26-32-55(51)77(45-29-23-41(24-30-45)68(4,5)6)57-37-56(76)60(74)64(78)61(57)75/h21-39H,1-20H3/i19D3,20D3,21D,22D,23D,24D,25D,26D,27D,28D,29D,30D,31D,32D,33D,35D,36D,37D,38D,39D. The molecule has 0 atom stereocenters. The van der Waals surface area contributed by atoms with Crippen molar-refractivity contribution in [2.75, 3.05) is 14.7 Å². The molecule has 7 aromatic carbocycles. The first-order chi connectivity index (χ1) is 47.3. The first-order valence-corrected chi connectivity index (χ1v) is 29.3. The summed E-state index contributed by atoms with van der Waals surface area (Å²) in [4.78, 5) is 4.00. The number of nitrogens with zero attached hydrogens (tertiary/aromatic N) is 3. The Hall–Kier alpha value is -6.01. The highest BCUT2D eigenvalue weighted by Crippen LogP contribution is 2.61. The topological polar surface area (TPSA) is 9.72 Å². The molecule has 0 bridgehead atoms. The molecule has 404 valence electrons. The normalized spacial score (nSPS) is 20.6. The number of fused-ring (bicyclic) bond motifs is 10. The van der Waals surface area contributed by atoms with Crippen molar-refractivity contribution in [3.05, 3.63) is 158 Å². The van der Waals surface area contributed by atoms with Crippen molar-refractivity contribution in [2.24, 2.45) is 0 Å². The van der Waals surface area contributed by atoms with Crippen molar-refractivity contribution in [1.29, 1.82) is 0 Å². The van der Waals surface area contributed by atoms with E-state index >= 15 is 0 Å². The lowest BCUT2D eigenvalue weighted by molar-refractivity contribution is 0.590. The fraction of sp³-hybridized carbons (Fsp3) is 0.370. The fourth-order valence-corrected chi connectivity index (χ4v) is 15.0. The molecule has 7 heteroatoms. The molecule has 0 aliphatic carbocycles. The van der Waals surface area contributed by atoms with Gasteiger partial charge in [0.1, 0.15) is 0 Å². The van der Waals surface area contributed by atoms with Gasteiger partial charge in [-0.25, -0.2) is 0 Å². The van der Waals surface area contributed by atoms with Crippen LogP contribution in [0.15, 0.2) is 113 Å². The summed E-state index contributed by atoms with van der Waals surface area (Å²) in [6.07, 6.45) is 0. The molecule has 0 radical (unpaired) electrons. The number of anilines is 9. The van der Waals surface area contributed by atoms with Gasteiger partial charge in [0.05, 0.1) is 24.7 Å². The number of benzene rings is 7. The van der Waals surface area contributed by atoms with Crippen LogP contribution in [0.4, 0.5) is 51.2 Å². The van der Waals surface area contributed by atoms with Crippen molar-refractivity contribution in [3.8, 4) is 0 Å². The Bertz CT molecular complexity index is 5440. The minimum atomic E-state index is -3.71. The molecule has 0 saturated carbocycles. The van der Waals surface area contributed by atoms with E-state index in [1.807, 2.05) is 41.5 Å². The van der Waals surface area contributed by atoms with Gasteiger partial charge in [-0.2, -0.15) is 0 Å². The van der Waals surface area contributed by atoms with Crippen LogP contribution in [0.1, 0.15) is 216 Å². The van der Waals surface area contributed by atoms with E-state index in [4.69, 9.17) is 0 Å². The van der Waals surface area contributed by atoms with Crippen LogP contribution in [0.2, 0.25) is 0 Å². The third-order valence-corrected chi connectivity index (χ3v) is 18.5. The molecule has 0 saturated heterocycles. The minimum absolute atomic E-state index is 0.00172. The van der Waals surface area contributed by atoms with Crippen molar-refractivity contribution in [2.45, 2.75) is 176 Å². The average Bonchev–Trinajstić information content (AvgIpc) is 0.923. The Labute approximate surface area is 520 Å². The van der Waals surface area contributed by atoms with Gasteiger partial charge < -0.3 is 14.7 Å². The minimum Gasteiger partial charge on any atom is -0.312 e. The quantitative estimate of drug-likeness (QED) is 0.160. The lowest BCUT2D eigenvalue weighted by Crippen LogP contribution is -2.70. The molecular weight excluding hydrogens is 1000 g/mol. The van der Waals surface area contributed by atoms with Gasteiger partial charge >= 0.3 is 0 Å². The highest BCUT2D eigenvalue weighted by atomic mass is 32.1. The smallest absolute Gasteiger partial charge is 0.252 e. The highest BCUT2D eigenvalue weighted by Gasteiger charge is 2.57. The summed E-state index contributed by atoms with van der Waals surface area (Å²) >= 11 is 1.58. The van der Waals surface area contributed by atoms with Crippen LogP contribution in [0.5, 0.6) is 0 Å². The molecule has 5 aliphatic rings. The maximum atomic E-state index is 11.7. The van der Waals surface area contributed by atoms with Gasteiger partial charge in [-0.15, -0.1) is 22.7 Å². The molecular formula is C73H79B2N3S2. The summed E-state index contributed by atoms with van der Waals surface area (Å²) in [6.45, 7) is 21.0. The second-order valence-electron chi connectivity index (χ2n) is 28.8. The Balaban J connectivity index is 1.41. The molecule has 3 nitrogen and oxygen atoms in total. The van der Waals surface area contributed by atoms with Crippen LogP contribution >= 0.6 is 22.7 Å². The number of hydrogen-bond acceptors (Lipinski definition) is 5. The third-order valence-electron chi connectivity index (χ3n) is 16.7. The van der Waals surface area contributed by atoms with Crippen LogP contribution in [-0.2, 0) is 37.9 Å². The number of hydrogen-bond donors (Lipinski definition) is 0. The molecule has 80 heavy (non-hydrogen) atoms. The van der Waals surface area contributed by atoms with Gasteiger partial charge in [-0.05, 0) is 162 Å². The van der Waals surface area contributed by atoms with Crippen molar-refractivity contribution >= 4 is 140 Å². The zero-order valence-electron chi connectivity index (χ0n) is 72.9. The second-order valence-corrected chi connectivity index (χ2v) is 30.4. The maximum Gasteiger partial charge on any atom is 0.252 e. The highest BCUT2D eigenvalue weighted by molar-refractivity contribution is 7.18. The summed E-state index contributed by atoms with van der Waals surface area (Å²) in [6, 6.07) is -7.09. The third kappa shape index (κ3) is 7.10. The second kappa shape index (κ2) is 16.2. The van der Waals surface area contributed by atoms with E-state index in [0.717, 1.165) is 27.6 Å². The number of rotatable bonds is 2. The van der Waals surface area contributed by atoms with Gasteiger partial charge in [-0.1, -0.05) is 199 Å². The van der Waals surface area contributed by atoms with E-state index in [9.17, 15) is 32.9 Å². The van der Waals surface area contributed by atoms with Gasteiger partial charge in [0.15, 0.2) is 0 Å². The zero-order chi connectivity index (χ0) is 77.5. The Morgan fingerprint density at radius 2 is 0.800 bits per heavy atom. The lowest BCUT2D eigenvalue weighted by Gasteiger charge is -2.55. The first kappa shape index (κ1) is 32.0. The van der Waals surface area contributed by atoms with Crippen LogP contribution < -0.4 is 47.5 Å². The summed E-state index contributed by atoms with van der Waals surface area (Å²) in [7, 11) is 0. The SMILES string of the molecule is [2H]c1sc2c3c4c(c([2H])c2c1C(C)(C)C)B1c2cc(C(C)(C)C)c([2H])c([2H])c2N(c2c([2H])c([2H])c(C(C)(C)C)c([2H])c2[2H])c2c([2H])c5c6c(c21)N4c1c(c([2H])c2c(C(C)(C)C)c([2H])sc2c1C3(C([2H])([2H])[2H])C([2H])([2H])[2H])B6c1c([2H])c(C(C)(C)C)c([2H])c([2H])c1N5c1c([2H])c([2H])c(C(C)(C)C)c([2H])c1[2H]. The Morgan fingerprint density at radius 1 is 0.400 bits per heavy atom. The molecule has 0 unspecified atom stereocenters. The Morgan fingerprint density at radius 3 is 1.21 bits per heavy atom. The molecule has 14 rings (SSSR count). The van der Waals surface area contributed by atoms with Crippen molar-refractivity contribution < 1.29 is 32.9 Å².